The van der Waals surface area contributed by atoms with Gasteiger partial charge in [0.2, 0.25) is 0 Å². The summed E-state index contributed by atoms with van der Waals surface area (Å²) < 4.78 is 0. The highest BCUT2D eigenvalue weighted by molar-refractivity contribution is 8.00. The zero-order chi connectivity index (χ0) is 13.8. The molecule has 0 spiro atoms. The minimum Gasteiger partial charge on any atom is -0.309 e. The van der Waals surface area contributed by atoms with Gasteiger partial charge in [0.25, 0.3) is 0 Å². The van der Waals surface area contributed by atoms with Crippen molar-refractivity contribution in [1.29, 1.82) is 0 Å². The Labute approximate surface area is 125 Å². The summed E-state index contributed by atoms with van der Waals surface area (Å²) in [7, 11) is 0. The Morgan fingerprint density at radius 3 is 2.60 bits per heavy atom. The Kier molecular flexibility index (Phi) is 4.44. The Balaban J connectivity index is 1.81. The normalized spacial score (nSPS) is 18.8. The van der Waals surface area contributed by atoms with Gasteiger partial charge in [-0.25, -0.2) is 0 Å². The lowest BCUT2D eigenvalue weighted by Crippen LogP contribution is -2.30. The molecule has 2 heteroatoms. The molecule has 1 N–H and O–H groups in total. The number of hydrogen-bond donors (Lipinski definition) is 1. The predicted octanol–water partition coefficient (Wildman–Crippen LogP) is 4.44. The standard InChI is InChI=1S/C18H21NS/c1-2-12-19-18(14-8-4-3-5-9-14)17-13-15-10-6-7-11-16(15)20-17/h3-11,17-19H,2,12-13H2,1H3. The summed E-state index contributed by atoms with van der Waals surface area (Å²) in [6, 6.07) is 20.1. The van der Waals surface area contributed by atoms with Crippen molar-refractivity contribution in [3.05, 3.63) is 65.7 Å². The molecule has 20 heavy (non-hydrogen) atoms. The number of fused-ring (bicyclic) bond motifs is 1. The topological polar surface area (TPSA) is 12.0 Å². The van der Waals surface area contributed by atoms with E-state index in [1.165, 1.54) is 22.4 Å². The molecule has 0 fully saturated rings. The van der Waals surface area contributed by atoms with Crippen molar-refractivity contribution in [1.82, 2.24) is 5.32 Å². The van der Waals surface area contributed by atoms with Crippen LogP contribution >= 0.6 is 11.8 Å². The predicted molar refractivity (Wildman–Crippen MR) is 87.3 cm³/mol. The Hall–Kier alpha value is -1.25. The van der Waals surface area contributed by atoms with Crippen LogP contribution in [-0.2, 0) is 6.42 Å². The highest BCUT2D eigenvalue weighted by atomic mass is 32.2. The minimum absolute atomic E-state index is 0.438. The second kappa shape index (κ2) is 6.47. The van der Waals surface area contributed by atoms with E-state index in [0.29, 0.717) is 11.3 Å². The van der Waals surface area contributed by atoms with Crippen LogP contribution in [0.15, 0.2) is 59.5 Å². The Morgan fingerprint density at radius 1 is 1.10 bits per heavy atom. The van der Waals surface area contributed by atoms with Gasteiger partial charge in [-0.05, 0) is 36.6 Å². The van der Waals surface area contributed by atoms with Crippen LogP contribution in [0.5, 0.6) is 0 Å². The van der Waals surface area contributed by atoms with E-state index in [1.54, 1.807) is 0 Å². The molecule has 0 bridgehead atoms. The quantitative estimate of drug-likeness (QED) is 0.870. The lowest BCUT2D eigenvalue weighted by molar-refractivity contribution is 0.514. The zero-order valence-electron chi connectivity index (χ0n) is 11.9. The maximum atomic E-state index is 3.74. The Morgan fingerprint density at radius 2 is 1.85 bits per heavy atom. The molecule has 0 aliphatic carbocycles. The smallest absolute Gasteiger partial charge is 0.0447 e. The number of benzene rings is 2. The van der Waals surface area contributed by atoms with Gasteiger partial charge in [0.15, 0.2) is 0 Å². The summed E-state index contributed by atoms with van der Waals surface area (Å²) in [5.74, 6) is 0. The fourth-order valence-electron chi connectivity index (χ4n) is 2.82. The molecule has 2 atom stereocenters. The first-order valence-electron chi connectivity index (χ1n) is 7.41. The van der Waals surface area contributed by atoms with Crippen LogP contribution in [-0.4, -0.2) is 11.8 Å². The van der Waals surface area contributed by atoms with E-state index in [0.717, 1.165) is 13.0 Å². The van der Waals surface area contributed by atoms with Crippen molar-refractivity contribution >= 4 is 11.8 Å². The van der Waals surface area contributed by atoms with Gasteiger partial charge in [-0.1, -0.05) is 55.5 Å². The van der Waals surface area contributed by atoms with Crippen molar-refractivity contribution in [2.75, 3.05) is 6.54 Å². The van der Waals surface area contributed by atoms with E-state index in [1.807, 2.05) is 11.8 Å². The molecule has 3 rings (SSSR count). The maximum absolute atomic E-state index is 3.74. The van der Waals surface area contributed by atoms with Gasteiger partial charge >= 0.3 is 0 Å². The molecule has 0 amide bonds. The van der Waals surface area contributed by atoms with Gasteiger partial charge in [0, 0.05) is 16.2 Å². The van der Waals surface area contributed by atoms with Crippen LogP contribution in [0, 0.1) is 0 Å². The van der Waals surface area contributed by atoms with Crippen molar-refractivity contribution < 1.29 is 0 Å². The summed E-state index contributed by atoms with van der Waals surface area (Å²) in [4.78, 5) is 1.46. The fourth-order valence-corrected chi connectivity index (χ4v) is 4.26. The van der Waals surface area contributed by atoms with Gasteiger partial charge in [-0.2, -0.15) is 0 Å². The van der Waals surface area contributed by atoms with Crippen molar-refractivity contribution in [3.8, 4) is 0 Å². The maximum Gasteiger partial charge on any atom is 0.0447 e. The van der Waals surface area contributed by atoms with Gasteiger partial charge in [0.05, 0.1) is 0 Å². The van der Waals surface area contributed by atoms with Crippen LogP contribution in [0.1, 0.15) is 30.5 Å². The van der Waals surface area contributed by atoms with Gasteiger partial charge < -0.3 is 5.32 Å². The van der Waals surface area contributed by atoms with Gasteiger partial charge in [-0.15, -0.1) is 11.8 Å². The third-order valence-corrected chi connectivity index (χ3v) is 5.21. The van der Waals surface area contributed by atoms with Crippen LogP contribution in [0.2, 0.25) is 0 Å². The average molecular weight is 283 g/mol. The van der Waals surface area contributed by atoms with E-state index in [4.69, 9.17) is 0 Å². The highest BCUT2D eigenvalue weighted by Gasteiger charge is 2.29. The fraction of sp³-hybridized carbons (Fsp3) is 0.333. The monoisotopic (exact) mass is 283 g/mol. The van der Waals surface area contributed by atoms with E-state index >= 15 is 0 Å². The third kappa shape index (κ3) is 2.92. The molecule has 0 saturated heterocycles. The second-order valence-corrected chi connectivity index (χ2v) is 6.59. The van der Waals surface area contributed by atoms with E-state index in [2.05, 4.69) is 66.8 Å². The summed E-state index contributed by atoms with van der Waals surface area (Å²) in [5.41, 5.74) is 2.91. The van der Waals surface area contributed by atoms with Crippen LogP contribution in [0.4, 0.5) is 0 Å². The number of thioether (sulfide) groups is 1. The molecule has 1 aliphatic heterocycles. The third-order valence-electron chi connectivity index (χ3n) is 3.82. The molecule has 104 valence electrons. The van der Waals surface area contributed by atoms with Crippen molar-refractivity contribution in [2.24, 2.45) is 0 Å². The van der Waals surface area contributed by atoms with Gasteiger partial charge in [-0.3, -0.25) is 0 Å². The summed E-state index contributed by atoms with van der Waals surface area (Å²) >= 11 is 2.03. The van der Waals surface area contributed by atoms with E-state index in [9.17, 15) is 0 Å². The molecular formula is C18H21NS. The molecule has 0 radical (unpaired) electrons. The molecule has 1 aliphatic rings. The zero-order valence-corrected chi connectivity index (χ0v) is 12.7. The number of rotatable bonds is 5. The molecular weight excluding hydrogens is 262 g/mol. The summed E-state index contributed by atoms with van der Waals surface area (Å²) in [6.45, 7) is 3.30. The van der Waals surface area contributed by atoms with Crippen molar-refractivity contribution in [2.45, 2.75) is 36.0 Å². The molecule has 2 aromatic carbocycles. The van der Waals surface area contributed by atoms with E-state index in [-0.39, 0.29) is 0 Å². The molecule has 0 aromatic heterocycles. The lowest BCUT2D eigenvalue weighted by atomic mass is 9.98. The first kappa shape index (κ1) is 13.7. The van der Waals surface area contributed by atoms with Crippen LogP contribution in [0.3, 0.4) is 0 Å². The first-order chi connectivity index (χ1) is 9.88. The highest BCUT2D eigenvalue weighted by Crippen LogP contribution is 2.42. The first-order valence-corrected chi connectivity index (χ1v) is 8.29. The van der Waals surface area contributed by atoms with Crippen LogP contribution < -0.4 is 5.32 Å². The molecule has 0 saturated carbocycles. The van der Waals surface area contributed by atoms with Gasteiger partial charge in [0.1, 0.15) is 0 Å². The SMILES string of the molecule is CCCNC(c1ccccc1)C1Cc2ccccc2S1. The minimum atomic E-state index is 0.438. The summed E-state index contributed by atoms with van der Waals surface area (Å²) in [5, 5.41) is 4.34. The number of hydrogen-bond acceptors (Lipinski definition) is 2. The molecule has 2 unspecified atom stereocenters. The van der Waals surface area contributed by atoms with E-state index < -0.39 is 0 Å². The molecule has 1 nitrogen and oxygen atoms in total. The largest absolute Gasteiger partial charge is 0.309 e. The Bertz CT molecular complexity index is 527. The average Bonchev–Trinajstić information content (AvgIpc) is 2.92. The van der Waals surface area contributed by atoms with Crippen molar-refractivity contribution in [3.63, 3.8) is 0 Å². The second-order valence-electron chi connectivity index (χ2n) is 5.31. The molecule has 2 aromatic rings. The molecule has 1 heterocycles. The lowest BCUT2D eigenvalue weighted by Gasteiger charge is -2.24. The number of nitrogens with one attached hydrogen (secondary N) is 1. The summed E-state index contributed by atoms with van der Waals surface area (Å²) in [6.07, 6.45) is 2.34. The van der Waals surface area contributed by atoms with Crippen LogP contribution in [0.25, 0.3) is 0 Å².